The van der Waals surface area contributed by atoms with Crippen LogP contribution in [0.1, 0.15) is 11.3 Å². The Morgan fingerprint density at radius 1 is 1.54 bits per heavy atom. The summed E-state index contributed by atoms with van der Waals surface area (Å²) in [7, 11) is 0. The van der Waals surface area contributed by atoms with Crippen molar-refractivity contribution in [1.29, 1.82) is 0 Å². The average molecular weight is 173 g/mol. The molecule has 2 aromatic heterocycles. The third-order valence-corrected chi connectivity index (χ3v) is 2.39. The van der Waals surface area contributed by atoms with Crippen molar-refractivity contribution in [2.75, 3.05) is 6.54 Å². The SMILES string of the molecule is [c]1ccnc2c3c(oc12)CCNC3. The maximum Gasteiger partial charge on any atom is 0.161 e. The van der Waals surface area contributed by atoms with Crippen LogP contribution in [0, 0.1) is 6.07 Å². The molecule has 0 saturated carbocycles. The Morgan fingerprint density at radius 2 is 2.54 bits per heavy atom. The zero-order valence-electron chi connectivity index (χ0n) is 7.13. The van der Waals surface area contributed by atoms with Crippen LogP contribution in [0.15, 0.2) is 16.7 Å². The van der Waals surface area contributed by atoms with Crippen LogP contribution in [0.2, 0.25) is 0 Å². The van der Waals surface area contributed by atoms with E-state index in [-0.39, 0.29) is 0 Å². The van der Waals surface area contributed by atoms with E-state index in [1.807, 2.05) is 0 Å². The van der Waals surface area contributed by atoms with Crippen LogP contribution in [0.25, 0.3) is 11.1 Å². The van der Waals surface area contributed by atoms with Gasteiger partial charge in [0.05, 0.1) is 0 Å². The molecular formula is C10H9N2O. The summed E-state index contributed by atoms with van der Waals surface area (Å²) in [6.45, 7) is 1.86. The molecule has 3 heteroatoms. The minimum Gasteiger partial charge on any atom is -0.458 e. The molecule has 65 valence electrons. The van der Waals surface area contributed by atoms with Gasteiger partial charge in [0.2, 0.25) is 0 Å². The molecule has 0 aromatic carbocycles. The third-order valence-electron chi connectivity index (χ3n) is 2.39. The number of hydrogen-bond donors (Lipinski definition) is 1. The number of nitrogens with zero attached hydrogens (tertiary/aromatic N) is 1. The Morgan fingerprint density at radius 3 is 3.54 bits per heavy atom. The maximum absolute atomic E-state index is 5.63. The van der Waals surface area contributed by atoms with Crippen molar-refractivity contribution < 1.29 is 4.42 Å². The predicted octanol–water partition coefficient (Wildman–Crippen LogP) is 1.27. The van der Waals surface area contributed by atoms with Gasteiger partial charge in [0.25, 0.3) is 0 Å². The Kier molecular flexibility index (Phi) is 1.40. The molecule has 0 atom stereocenters. The van der Waals surface area contributed by atoms with Gasteiger partial charge < -0.3 is 9.73 Å². The van der Waals surface area contributed by atoms with Crippen molar-refractivity contribution in [1.82, 2.24) is 10.3 Å². The molecule has 0 fully saturated rings. The normalized spacial score (nSPS) is 16.0. The summed E-state index contributed by atoms with van der Waals surface area (Å²) in [4.78, 5) is 4.29. The number of pyridine rings is 1. The fourth-order valence-electron chi connectivity index (χ4n) is 1.76. The van der Waals surface area contributed by atoms with Crippen LogP contribution in [-0.2, 0) is 13.0 Å². The average Bonchev–Trinajstić information content (AvgIpc) is 2.56. The summed E-state index contributed by atoms with van der Waals surface area (Å²) in [5.41, 5.74) is 2.96. The van der Waals surface area contributed by atoms with Crippen molar-refractivity contribution in [3.05, 3.63) is 29.7 Å². The fourth-order valence-corrected chi connectivity index (χ4v) is 1.76. The number of fused-ring (bicyclic) bond motifs is 3. The monoisotopic (exact) mass is 173 g/mol. The van der Waals surface area contributed by atoms with Gasteiger partial charge in [-0.05, 0) is 6.07 Å². The lowest BCUT2D eigenvalue weighted by Gasteiger charge is -2.09. The molecule has 1 N–H and O–H groups in total. The summed E-state index contributed by atoms with van der Waals surface area (Å²) >= 11 is 0. The van der Waals surface area contributed by atoms with Gasteiger partial charge in [-0.3, -0.25) is 4.98 Å². The van der Waals surface area contributed by atoms with Crippen LogP contribution in [0.4, 0.5) is 0 Å². The molecule has 0 bridgehead atoms. The second-order valence-electron chi connectivity index (χ2n) is 3.20. The quantitative estimate of drug-likeness (QED) is 0.652. The summed E-state index contributed by atoms with van der Waals surface area (Å²) in [6, 6.07) is 4.83. The molecule has 0 saturated heterocycles. The Labute approximate surface area is 75.8 Å². The molecule has 13 heavy (non-hydrogen) atoms. The minimum absolute atomic E-state index is 0.788. The molecule has 3 rings (SSSR count). The van der Waals surface area contributed by atoms with Crippen molar-refractivity contribution in [2.24, 2.45) is 0 Å². The molecule has 1 aliphatic heterocycles. The van der Waals surface area contributed by atoms with Gasteiger partial charge >= 0.3 is 0 Å². The summed E-state index contributed by atoms with van der Waals surface area (Å²) in [5, 5.41) is 3.31. The second kappa shape index (κ2) is 2.57. The highest BCUT2D eigenvalue weighted by Crippen LogP contribution is 2.25. The maximum atomic E-state index is 5.63. The first-order valence-electron chi connectivity index (χ1n) is 4.43. The van der Waals surface area contributed by atoms with E-state index in [4.69, 9.17) is 4.42 Å². The lowest BCUT2D eigenvalue weighted by molar-refractivity contribution is 0.500. The van der Waals surface area contributed by atoms with Crippen molar-refractivity contribution in [3.8, 4) is 0 Å². The molecule has 3 heterocycles. The first-order chi connectivity index (χ1) is 6.45. The molecule has 0 unspecified atom stereocenters. The van der Waals surface area contributed by atoms with Gasteiger partial charge in [0.1, 0.15) is 11.3 Å². The Hall–Kier alpha value is -1.35. The molecule has 1 aliphatic rings. The van der Waals surface area contributed by atoms with Crippen LogP contribution in [0.3, 0.4) is 0 Å². The van der Waals surface area contributed by atoms with E-state index in [9.17, 15) is 0 Å². The van der Waals surface area contributed by atoms with Gasteiger partial charge in [-0.15, -0.1) is 0 Å². The van der Waals surface area contributed by atoms with E-state index >= 15 is 0 Å². The van der Waals surface area contributed by atoms with E-state index in [1.54, 1.807) is 12.3 Å². The lowest BCUT2D eigenvalue weighted by Crippen LogP contribution is -2.22. The predicted molar refractivity (Wildman–Crippen MR) is 48.3 cm³/mol. The molecule has 0 spiro atoms. The molecular weight excluding hydrogens is 164 g/mol. The van der Waals surface area contributed by atoms with Gasteiger partial charge in [0, 0.05) is 37.3 Å². The van der Waals surface area contributed by atoms with E-state index < -0.39 is 0 Å². The summed E-state index contributed by atoms with van der Waals surface area (Å²) in [6.07, 6.45) is 2.71. The van der Waals surface area contributed by atoms with Crippen LogP contribution >= 0.6 is 0 Å². The zero-order valence-corrected chi connectivity index (χ0v) is 7.13. The van der Waals surface area contributed by atoms with E-state index in [0.717, 1.165) is 36.4 Å². The summed E-state index contributed by atoms with van der Waals surface area (Å²) in [5.74, 6) is 1.07. The third kappa shape index (κ3) is 0.971. The Balaban J connectivity index is 2.34. The smallest absolute Gasteiger partial charge is 0.161 e. The largest absolute Gasteiger partial charge is 0.458 e. The molecule has 1 radical (unpaired) electrons. The highest BCUT2D eigenvalue weighted by atomic mass is 16.3. The molecule has 0 aliphatic carbocycles. The van der Waals surface area contributed by atoms with Gasteiger partial charge in [-0.25, -0.2) is 0 Å². The summed E-state index contributed by atoms with van der Waals surface area (Å²) < 4.78 is 5.63. The van der Waals surface area contributed by atoms with E-state index in [1.165, 1.54) is 5.56 Å². The number of hydrogen-bond acceptors (Lipinski definition) is 3. The Bertz CT molecular complexity index is 447. The highest BCUT2D eigenvalue weighted by molar-refractivity contribution is 5.77. The van der Waals surface area contributed by atoms with Crippen LogP contribution in [0.5, 0.6) is 0 Å². The highest BCUT2D eigenvalue weighted by Gasteiger charge is 2.17. The van der Waals surface area contributed by atoms with Crippen LogP contribution in [-0.4, -0.2) is 11.5 Å². The molecule has 3 nitrogen and oxygen atoms in total. The van der Waals surface area contributed by atoms with Crippen molar-refractivity contribution in [3.63, 3.8) is 0 Å². The standard InChI is InChI=1S/C10H9N2O/c1-2-9-10(12-4-1)7-6-11-5-3-8(7)13-9/h1,4,11H,3,5-6H2. The van der Waals surface area contributed by atoms with E-state index in [2.05, 4.69) is 16.4 Å². The molecule has 2 aromatic rings. The van der Waals surface area contributed by atoms with Crippen LogP contribution < -0.4 is 5.32 Å². The number of rotatable bonds is 0. The first kappa shape index (κ1) is 7.09. The van der Waals surface area contributed by atoms with Gasteiger partial charge in [0.15, 0.2) is 5.58 Å². The fraction of sp³-hybridized carbons (Fsp3) is 0.300. The van der Waals surface area contributed by atoms with Gasteiger partial charge in [-0.2, -0.15) is 0 Å². The molecule has 0 amide bonds. The number of furan rings is 1. The van der Waals surface area contributed by atoms with E-state index in [0.29, 0.717) is 0 Å². The second-order valence-corrected chi connectivity index (χ2v) is 3.20. The van der Waals surface area contributed by atoms with Gasteiger partial charge in [-0.1, -0.05) is 0 Å². The van der Waals surface area contributed by atoms with Crippen molar-refractivity contribution in [2.45, 2.75) is 13.0 Å². The van der Waals surface area contributed by atoms with Crippen molar-refractivity contribution >= 4 is 11.1 Å². The zero-order chi connectivity index (χ0) is 8.67. The minimum atomic E-state index is 0.788. The number of aromatic nitrogens is 1. The topological polar surface area (TPSA) is 38.1 Å². The number of nitrogens with one attached hydrogen (secondary N) is 1. The first-order valence-corrected chi connectivity index (χ1v) is 4.43. The lowest BCUT2D eigenvalue weighted by atomic mass is 10.1.